The Morgan fingerprint density at radius 1 is 1.53 bits per heavy atom. The summed E-state index contributed by atoms with van der Waals surface area (Å²) >= 11 is 0. The minimum Gasteiger partial charge on any atom is -0.479 e. The average Bonchev–Trinajstić information content (AvgIpc) is 2.16. The maximum Gasteiger partial charge on any atom is 0.341 e. The molecule has 0 spiro atoms. The highest BCUT2D eigenvalue weighted by atomic mass is 16.5. The number of anilines is 1. The number of carboxylic acid groups (broad SMARTS) is 1. The SMILES string of the molecule is COc1nnc(NC(C)C)cc1C(=O)O. The Hall–Kier alpha value is -1.85. The van der Waals surface area contributed by atoms with Gasteiger partial charge >= 0.3 is 5.97 Å². The lowest BCUT2D eigenvalue weighted by molar-refractivity contribution is 0.0692. The van der Waals surface area contributed by atoms with Crippen LogP contribution in [0.5, 0.6) is 5.88 Å². The van der Waals surface area contributed by atoms with Crippen LogP contribution in [0.25, 0.3) is 0 Å². The zero-order valence-corrected chi connectivity index (χ0v) is 8.81. The van der Waals surface area contributed by atoms with Crippen molar-refractivity contribution in [3.8, 4) is 5.88 Å². The molecule has 0 aliphatic rings. The second-order valence-corrected chi connectivity index (χ2v) is 3.26. The van der Waals surface area contributed by atoms with E-state index in [-0.39, 0.29) is 17.5 Å². The lowest BCUT2D eigenvalue weighted by atomic mass is 10.3. The first-order chi connectivity index (χ1) is 7.04. The van der Waals surface area contributed by atoms with Crippen molar-refractivity contribution in [2.24, 2.45) is 0 Å². The Morgan fingerprint density at radius 3 is 2.67 bits per heavy atom. The van der Waals surface area contributed by atoms with Crippen molar-refractivity contribution in [1.29, 1.82) is 0 Å². The van der Waals surface area contributed by atoms with Crippen molar-refractivity contribution >= 4 is 11.8 Å². The highest BCUT2D eigenvalue weighted by Crippen LogP contribution is 2.17. The standard InChI is InChI=1S/C9H13N3O3/c1-5(2)10-7-4-6(9(13)14)8(15-3)12-11-7/h4-5H,1-3H3,(H,10,11)(H,13,14). The van der Waals surface area contributed by atoms with Gasteiger partial charge in [0.25, 0.3) is 0 Å². The molecule has 0 radical (unpaired) electrons. The Labute approximate surface area is 87.3 Å². The smallest absolute Gasteiger partial charge is 0.341 e. The van der Waals surface area contributed by atoms with E-state index < -0.39 is 5.97 Å². The van der Waals surface area contributed by atoms with Gasteiger partial charge in [0.2, 0.25) is 5.88 Å². The predicted molar refractivity (Wildman–Crippen MR) is 54.3 cm³/mol. The molecular formula is C9H13N3O3. The fraction of sp³-hybridized carbons (Fsp3) is 0.444. The van der Waals surface area contributed by atoms with Crippen LogP contribution in [0.1, 0.15) is 24.2 Å². The first kappa shape index (κ1) is 11.2. The van der Waals surface area contributed by atoms with E-state index in [0.717, 1.165) is 0 Å². The summed E-state index contributed by atoms with van der Waals surface area (Å²) in [4.78, 5) is 10.8. The molecule has 1 heterocycles. The number of carboxylic acids is 1. The highest BCUT2D eigenvalue weighted by Gasteiger charge is 2.14. The van der Waals surface area contributed by atoms with E-state index in [0.29, 0.717) is 5.82 Å². The summed E-state index contributed by atoms with van der Waals surface area (Å²) in [6.07, 6.45) is 0. The van der Waals surface area contributed by atoms with Gasteiger partial charge in [-0.25, -0.2) is 4.79 Å². The highest BCUT2D eigenvalue weighted by molar-refractivity contribution is 5.90. The van der Waals surface area contributed by atoms with E-state index >= 15 is 0 Å². The van der Waals surface area contributed by atoms with Gasteiger partial charge in [-0.1, -0.05) is 0 Å². The van der Waals surface area contributed by atoms with Gasteiger partial charge in [0, 0.05) is 12.1 Å². The van der Waals surface area contributed by atoms with Crippen LogP contribution in [0.3, 0.4) is 0 Å². The lowest BCUT2D eigenvalue weighted by Crippen LogP contribution is -2.13. The zero-order chi connectivity index (χ0) is 11.4. The molecule has 0 amide bonds. The van der Waals surface area contributed by atoms with Gasteiger partial charge in [-0.2, -0.15) is 0 Å². The van der Waals surface area contributed by atoms with E-state index in [1.54, 1.807) is 0 Å². The Kier molecular flexibility index (Phi) is 3.43. The normalized spacial score (nSPS) is 10.1. The molecule has 82 valence electrons. The quantitative estimate of drug-likeness (QED) is 0.773. The topological polar surface area (TPSA) is 84.3 Å². The summed E-state index contributed by atoms with van der Waals surface area (Å²) in [5.41, 5.74) is -0.00403. The number of methoxy groups -OCH3 is 1. The van der Waals surface area contributed by atoms with Gasteiger partial charge in [-0.15, -0.1) is 10.2 Å². The first-order valence-corrected chi connectivity index (χ1v) is 4.46. The molecular weight excluding hydrogens is 198 g/mol. The first-order valence-electron chi connectivity index (χ1n) is 4.46. The van der Waals surface area contributed by atoms with Gasteiger partial charge < -0.3 is 15.2 Å². The van der Waals surface area contributed by atoms with Crippen LogP contribution in [0, 0.1) is 0 Å². The van der Waals surface area contributed by atoms with E-state index in [1.807, 2.05) is 13.8 Å². The average molecular weight is 211 g/mol. The number of hydrogen-bond donors (Lipinski definition) is 2. The number of rotatable bonds is 4. The lowest BCUT2D eigenvalue weighted by Gasteiger charge is -2.09. The third kappa shape index (κ3) is 2.80. The fourth-order valence-electron chi connectivity index (χ4n) is 1.05. The van der Waals surface area contributed by atoms with Gasteiger partial charge in [0.15, 0.2) is 0 Å². The van der Waals surface area contributed by atoms with Crippen molar-refractivity contribution in [3.05, 3.63) is 11.6 Å². The zero-order valence-electron chi connectivity index (χ0n) is 8.81. The van der Waals surface area contributed by atoms with Crippen molar-refractivity contribution in [1.82, 2.24) is 10.2 Å². The number of aromatic nitrogens is 2. The molecule has 1 aromatic rings. The van der Waals surface area contributed by atoms with Crippen molar-refractivity contribution in [2.45, 2.75) is 19.9 Å². The second-order valence-electron chi connectivity index (χ2n) is 3.26. The number of nitrogens with one attached hydrogen (secondary N) is 1. The molecule has 0 aliphatic heterocycles. The number of ether oxygens (including phenoxy) is 1. The molecule has 0 aromatic carbocycles. The molecule has 1 rings (SSSR count). The molecule has 0 aliphatic carbocycles. The summed E-state index contributed by atoms with van der Waals surface area (Å²) in [6, 6.07) is 1.56. The van der Waals surface area contributed by atoms with Gasteiger partial charge in [0.05, 0.1) is 7.11 Å². The van der Waals surface area contributed by atoms with Crippen LogP contribution in [-0.4, -0.2) is 34.4 Å². The van der Waals surface area contributed by atoms with Crippen molar-refractivity contribution < 1.29 is 14.6 Å². The van der Waals surface area contributed by atoms with E-state index in [1.165, 1.54) is 13.2 Å². The summed E-state index contributed by atoms with van der Waals surface area (Å²) in [5, 5.41) is 19.3. The van der Waals surface area contributed by atoms with Gasteiger partial charge in [0.1, 0.15) is 11.4 Å². The number of aromatic carboxylic acids is 1. The molecule has 6 nitrogen and oxygen atoms in total. The number of nitrogens with zero attached hydrogens (tertiary/aromatic N) is 2. The van der Waals surface area contributed by atoms with Crippen LogP contribution in [0.2, 0.25) is 0 Å². The predicted octanol–water partition coefficient (Wildman–Crippen LogP) is 1.00. The van der Waals surface area contributed by atoms with Crippen LogP contribution in [0.15, 0.2) is 6.07 Å². The molecule has 1 aromatic heterocycles. The molecule has 0 fully saturated rings. The second kappa shape index (κ2) is 4.59. The summed E-state index contributed by atoms with van der Waals surface area (Å²) in [5.74, 6) is -0.659. The minimum atomic E-state index is -1.09. The molecule has 0 bridgehead atoms. The summed E-state index contributed by atoms with van der Waals surface area (Å²) in [7, 11) is 1.35. The van der Waals surface area contributed by atoms with Gasteiger partial charge in [-0.05, 0) is 13.8 Å². The Balaban J connectivity index is 3.05. The Bertz CT molecular complexity index is 366. The minimum absolute atomic E-state index is 0.00403. The summed E-state index contributed by atoms with van der Waals surface area (Å²) in [6.45, 7) is 3.85. The van der Waals surface area contributed by atoms with Crippen molar-refractivity contribution in [2.75, 3.05) is 12.4 Å². The maximum atomic E-state index is 10.8. The van der Waals surface area contributed by atoms with Crippen LogP contribution in [-0.2, 0) is 0 Å². The molecule has 6 heteroatoms. The van der Waals surface area contributed by atoms with Crippen molar-refractivity contribution in [3.63, 3.8) is 0 Å². The molecule has 0 saturated carbocycles. The molecule has 0 saturated heterocycles. The summed E-state index contributed by atoms with van der Waals surface area (Å²) < 4.78 is 4.78. The Morgan fingerprint density at radius 2 is 2.20 bits per heavy atom. The monoisotopic (exact) mass is 211 g/mol. The van der Waals surface area contributed by atoms with Gasteiger partial charge in [-0.3, -0.25) is 0 Å². The number of carbonyl (C=O) groups is 1. The number of hydrogen-bond acceptors (Lipinski definition) is 5. The molecule has 15 heavy (non-hydrogen) atoms. The van der Waals surface area contributed by atoms with Crippen LogP contribution < -0.4 is 10.1 Å². The molecule has 2 N–H and O–H groups in total. The fourth-order valence-corrected chi connectivity index (χ4v) is 1.05. The van der Waals surface area contributed by atoms with E-state index in [4.69, 9.17) is 9.84 Å². The van der Waals surface area contributed by atoms with E-state index in [2.05, 4.69) is 15.5 Å². The van der Waals surface area contributed by atoms with Crippen LogP contribution >= 0.6 is 0 Å². The molecule has 0 unspecified atom stereocenters. The van der Waals surface area contributed by atoms with Crippen LogP contribution in [0.4, 0.5) is 5.82 Å². The van der Waals surface area contributed by atoms with E-state index in [9.17, 15) is 4.79 Å². The largest absolute Gasteiger partial charge is 0.479 e. The molecule has 0 atom stereocenters. The maximum absolute atomic E-state index is 10.8. The third-order valence-corrected chi connectivity index (χ3v) is 1.62. The third-order valence-electron chi connectivity index (χ3n) is 1.62.